The molecule has 1 atom stereocenters. The van der Waals surface area contributed by atoms with Crippen molar-refractivity contribution in [1.29, 1.82) is 0 Å². The van der Waals surface area contributed by atoms with E-state index in [4.69, 9.17) is 9.47 Å². The second-order valence-corrected chi connectivity index (χ2v) is 5.32. The zero-order chi connectivity index (χ0) is 12.9. The summed E-state index contributed by atoms with van der Waals surface area (Å²) in [7, 11) is 0. The van der Waals surface area contributed by atoms with Crippen LogP contribution in [0.2, 0.25) is 0 Å². The summed E-state index contributed by atoms with van der Waals surface area (Å²) in [6.07, 6.45) is 2.64. The lowest BCUT2D eigenvalue weighted by Crippen LogP contribution is -2.35. The van der Waals surface area contributed by atoms with Crippen LogP contribution in [0.1, 0.15) is 18.4 Å². The molecule has 1 aromatic carbocycles. The predicted molar refractivity (Wildman–Crippen MR) is 74.7 cm³/mol. The first-order valence-corrected chi connectivity index (χ1v) is 7.22. The topological polar surface area (TPSA) is 42.5 Å². The first-order valence-electron chi connectivity index (χ1n) is 7.22. The van der Waals surface area contributed by atoms with Gasteiger partial charge < -0.3 is 20.1 Å². The smallest absolute Gasteiger partial charge is 0.161 e. The Morgan fingerprint density at radius 2 is 2.11 bits per heavy atom. The van der Waals surface area contributed by atoms with E-state index in [2.05, 4.69) is 22.8 Å². The Labute approximate surface area is 114 Å². The third-order valence-electron chi connectivity index (χ3n) is 3.77. The van der Waals surface area contributed by atoms with Crippen LogP contribution in [0.25, 0.3) is 0 Å². The van der Waals surface area contributed by atoms with Gasteiger partial charge in [-0.05, 0) is 56.1 Å². The SMILES string of the molecule is c1cc2c(cc1CNC[C@@H]1CCCNC1)OCCO2. The maximum absolute atomic E-state index is 5.60. The first kappa shape index (κ1) is 12.8. The average Bonchev–Trinajstić information content (AvgIpc) is 2.48. The molecular formula is C15H22N2O2. The number of piperidine rings is 1. The van der Waals surface area contributed by atoms with Gasteiger partial charge in [0.05, 0.1) is 0 Å². The van der Waals surface area contributed by atoms with Gasteiger partial charge in [-0.1, -0.05) is 6.07 Å². The lowest BCUT2D eigenvalue weighted by molar-refractivity contribution is 0.171. The molecule has 19 heavy (non-hydrogen) atoms. The quantitative estimate of drug-likeness (QED) is 0.864. The van der Waals surface area contributed by atoms with Gasteiger partial charge in [0.25, 0.3) is 0 Å². The van der Waals surface area contributed by atoms with Crippen LogP contribution >= 0.6 is 0 Å². The van der Waals surface area contributed by atoms with E-state index in [1.54, 1.807) is 0 Å². The van der Waals surface area contributed by atoms with Crippen molar-refractivity contribution < 1.29 is 9.47 Å². The summed E-state index contributed by atoms with van der Waals surface area (Å²) in [6.45, 7) is 5.61. The third kappa shape index (κ3) is 3.39. The van der Waals surface area contributed by atoms with E-state index in [0.717, 1.165) is 37.1 Å². The third-order valence-corrected chi connectivity index (χ3v) is 3.77. The Kier molecular flexibility index (Phi) is 4.20. The van der Waals surface area contributed by atoms with Crippen molar-refractivity contribution in [3.05, 3.63) is 23.8 Å². The standard InChI is InChI=1S/C15H22N2O2/c1-2-13(10-16-5-1)11-17-9-12-3-4-14-15(8-12)19-7-6-18-14/h3-4,8,13,16-17H,1-2,5-7,9-11H2/t13-/m1/s1. The minimum atomic E-state index is 0.650. The molecule has 4 nitrogen and oxygen atoms in total. The molecule has 0 aromatic heterocycles. The number of fused-ring (bicyclic) bond motifs is 1. The molecule has 104 valence electrons. The molecular weight excluding hydrogens is 240 g/mol. The van der Waals surface area contributed by atoms with Crippen LogP contribution in [-0.4, -0.2) is 32.8 Å². The normalized spacial score (nSPS) is 22.2. The Bertz CT molecular complexity index is 417. The van der Waals surface area contributed by atoms with Gasteiger partial charge in [-0.3, -0.25) is 0 Å². The van der Waals surface area contributed by atoms with Crippen LogP contribution in [0, 0.1) is 5.92 Å². The van der Waals surface area contributed by atoms with Crippen LogP contribution in [0.15, 0.2) is 18.2 Å². The van der Waals surface area contributed by atoms with Crippen molar-refractivity contribution in [3.63, 3.8) is 0 Å². The number of nitrogens with one attached hydrogen (secondary N) is 2. The summed E-state index contributed by atoms with van der Waals surface area (Å²) in [5.41, 5.74) is 1.26. The summed E-state index contributed by atoms with van der Waals surface area (Å²) in [5.74, 6) is 2.52. The number of hydrogen-bond acceptors (Lipinski definition) is 4. The molecule has 2 aliphatic rings. The minimum Gasteiger partial charge on any atom is -0.486 e. The van der Waals surface area contributed by atoms with Crippen LogP contribution in [0.4, 0.5) is 0 Å². The lowest BCUT2D eigenvalue weighted by Gasteiger charge is -2.23. The first-order chi connectivity index (χ1) is 9.42. The molecule has 1 fully saturated rings. The molecule has 2 heterocycles. The van der Waals surface area contributed by atoms with E-state index in [0.29, 0.717) is 13.2 Å². The molecule has 1 saturated heterocycles. The predicted octanol–water partition coefficient (Wildman–Crippen LogP) is 1.55. The zero-order valence-electron chi connectivity index (χ0n) is 11.3. The monoisotopic (exact) mass is 262 g/mol. The average molecular weight is 262 g/mol. The fourth-order valence-electron chi connectivity index (χ4n) is 2.72. The summed E-state index contributed by atoms with van der Waals surface area (Å²) in [5, 5.41) is 6.99. The lowest BCUT2D eigenvalue weighted by atomic mass is 10.00. The fourth-order valence-corrected chi connectivity index (χ4v) is 2.72. The minimum absolute atomic E-state index is 0.650. The summed E-state index contributed by atoms with van der Waals surface area (Å²) in [4.78, 5) is 0. The number of ether oxygens (including phenoxy) is 2. The highest BCUT2D eigenvalue weighted by Gasteiger charge is 2.13. The molecule has 3 rings (SSSR count). The molecule has 0 bridgehead atoms. The highest BCUT2D eigenvalue weighted by molar-refractivity contribution is 5.43. The Morgan fingerprint density at radius 3 is 2.95 bits per heavy atom. The van der Waals surface area contributed by atoms with E-state index >= 15 is 0 Å². The number of rotatable bonds is 4. The molecule has 2 aliphatic heterocycles. The van der Waals surface area contributed by atoms with Crippen molar-refractivity contribution in [2.75, 3.05) is 32.8 Å². The molecule has 0 amide bonds. The van der Waals surface area contributed by atoms with Crippen molar-refractivity contribution >= 4 is 0 Å². The van der Waals surface area contributed by atoms with E-state index in [1.165, 1.54) is 24.9 Å². The van der Waals surface area contributed by atoms with Crippen LogP contribution in [-0.2, 0) is 6.54 Å². The summed E-state index contributed by atoms with van der Waals surface area (Å²) >= 11 is 0. The van der Waals surface area contributed by atoms with Crippen molar-refractivity contribution in [3.8, 4) is 11.5 Å². The molecule has 1 aromatic rings. The molecule has 0 radical (unpaired) electrons. The molecule has 0 spiro atoms. The van der Waals surface area contributed by atoms with Crippen molar-refractivity contribution in [2.45, 2.75) is 19.4 Å². The Hall–Kier alpha value is -1.26. The van der Waals surface area contributed by atoms with Crippen LogP contribution < -0.4 is 20.1 Å². The molecule has 0 unspecified atom stereocenters. The van der Waals surface area contributed by atoms with E-state index in [1.807, 2.05) is 6.07 Å². The fraction of sp³-hybridized carbons (Fsp3) is 0.600. The second kappa shape index (κ2) is 6.26. The summed E-state index contributed by atoms with van der Waals surface area (Å²) in [6, 6.07) is 6.20. The van der Waals surface area contributed by atoms with Crippen LogP contribution in [0.5, 0.6) is 11.5 Å². The van der Waals surface area contributed by atoms with Crippen molar-refractivity contribution in [1.82, 2.24) is 10.6 Å². The van der Waals surface area contributed by atoms with Gasteiger partial charge in [-0.25, -0.2) is 0 Å². The van der Waals surface area contributed by atoms with E-state index < -0.39 is 0 Å². The maximum Gasteiger partial charge on any atom is 0.161 e. The van der Waals surface area contributed by atoms with Gasteiger partial charge >= 0.3 is 0 Å². The molecule has 0 saturated carbocycles. The van der Waals surface area contributed by atoms with Gasteiger partial charge in [0, 0.05) is 6.54 Å². The van der Waals surface area contributed by atoms with Crippen molar-refractivity contribution in [2.24, 2.45) is 5.92 Å². The van der Waals surface area contributed by atoms with E-state index in [-0.39, 0.29) is 0 Å². The molecule has 4 heteroatoms. The Morgan fingerprint density at radius 1 is 1.21 bits per heavy atom. The number of benzene rings is 1. The van der Waals surface area contributed by atoms with Gasteiger partial charge in [-0.15, -0.1) is 0 Å². The van der Waals surface area contributed by atoms with Gasteiger partial charge in [0.2, 0.25) is 0 Å². The largest absolute Gasteiger partial charge is 0.486 e. The van der Waals surface area contributed by atoms with E-state index in [9.17, 15) is 0 Å². The highest BCUT2D eigenvalue weighted by atomic mass is 16.6. The molecule has 2 N–H and O–H groups in total. The summed E-state index contributed by atoms with van der Waals surface area (Å²) < 4.78 is 11.1. The zero-order valence-corrected chi connectivity index (χ0v) is 11.3. The second-order valence-electron chi connectivity index (χ2n) is 5.32. The van der Waals surface area contributed by atoms with Crippen LogP contribution in [0.3, 0.4) is 0 Å². The molecule has 0 aliphatic carbocycles. The van der Waals surface area contributed by atoms with Gasteiger partial charge in [-0.2, -0.15) is 0 Å². The Balaban J connectivity index is 1.49. The van der Waals surface area contributed by atoms with Gasteiger partial charge in [0.15, 0.2) is 11.5 Å². The highest BCUT2D eigenvalue weighted by Crippen LogP contribution is 2.30. The van der Waals surface area contributed by atoms with Gasteiger partial charge in [0.1, 0.15) is 13.2 Å². The maximum atomic E-state index is 5.60. The number of hydrogen-bond donors (Lipinski definition) is 2.